The number of aromatic nitrogens is 2. The van der Waals surface area contributed by atoms with E-state index in [9.17, 15) is 24.2 Å². The number of anilines is 1. The fourth-order valence-corrected chi connectivity index (χ4v) is 6.31. The molecule has 2 aromatic heterocycles. The summed E-state index contributed by atoms with van der Waals surface area (Å²) in [4.78, 5) is 38.0. The first kappa shape index (κ1) is 35.4. The molecular formula is C31H38N5O10P. The lowest BCUT2D eigenvalue weighted by Crippen LogP contribution is -2.49. The molecule has 6 atom stereocenters. The van der Waals surface area contributed by atoms with Gasteiger partial charge in [-0.2, -0.15) is 15.4 Å². The van der Waals surface area contributed by atoms with E-state index in [4.69, 9.17) is 33.7 Å². The van der Waals surface area contributed by atoms with Gasteiger partial charge in [0.15, 0.2) is 12.2 Å². The Morgan fingerprint density at radius 2 is 1.77 bits per heavy atom. The van der Waals surface area contributed by atoms with Gasteiger partial charge in [0.2, 0.25) is 5.60 Å². The van der Waals surface area contributed by atoms with Crippen LogP contribution in [0.2, 0.25) is 0 Å². The SMILES string of the molecule is CCC(=O)O[C@H]1[C@H](c2ccc3c(N)ccnn23)O[C@](C#N)(CO[P@@](=O)(N[C@@H](C)C(=O)OC(C)C)Oc2ccccc2)[C@H]1OC(=O)CC. The second-order valence-electron chi connectivity index (χ2n) is 11.0. The van der Waals surface area contributed by atoms with Crippen molar-refractivity contribution in [2.24, 2.45) is 0 Å². The van der Waals surface area contributed by atoms with Crippen molar-refractivity contribution in [3.05, 3.63) is 60.4 Å². The Bertz CT molecular complexity index is 1680. The maximum Gasteiger partial charge on any atom is 0.459 e. The van der Waals surface area contributed by atoms with Crippen LogP contribution in [0, 0.1) is 11.3 Å². The van der Waals surface area contributed by atoms with E-state index in [0.717, 1.165) is 0 Å². The van der Waals surface area contributed by atoms with Crippen LogP contribution in [0.5, 0.6) is 5.75 Å². The van der Waals surface area contributed by atoms with Crippen LogP contribution < -0.4 is 15.3 Å². The predicted octanol–water partition coefficient (Wildman–Crippen LogP) is 4.03. The molecule has 1 aliphatic rings. The molecule has 4 rings (SSSR count). The Balaban J connectivity index is 1.77. The molecule has 0 unspecified atom stereocenters. The maximum absolute atomic E-state index is 14.3. The van der Waals surface area contributed by atoms with Gasteiger partial charge in [-0.3, -0.25) is 18.9 Å². The lowest BCUT2D eigenvalue weighted by molar-refractivity contribution is -0.169. The molecule has 1 fully saturated rings. The topological polar surface area (TPSA) is 203 Å². The van der Waals surface area contributed by atoms with Gasteiger partial charge in [0, 0.05) is 19.0 Å². The van der Waals surface area contributed by atoms with E-state index < -0.39 is 68.3 Å². The molecule has 0 amide bonds. The number of nitrogen functional groups attached to an aromatic ring is 1. The zero-order chi connectivity index (χ0) is 34.4. The quantitative estimate of drug-likeness (QED) is 0.141. The fourth-order valence-electron chi connectivity index (χ4n) is 4.79. The molecule has 47 heavy (non-hydrogen) atoms. The van der Waals surface area contributed by atoms with Crippen LogP contribution in [0.25, 0.3) is 5.52 Å². The zero-order valence-electron chi connectivity index (χ0n) is 26.7. The Kier molecular flexibility index (Phi) is 11.3. The first-order valence-electron chi connectivity index (χ1n) is 15.0. The lowest BCUT2D eigenvalue weighted by Gasteiger charge is -2.30. The number of fused-ring (bicyclic) bond motifs is 1. The molecule has 1 aromatic carbocycles. The standard InChI is InChI=1S/C31H38N5O10P/c1-6-25(37)43-28-27(24-14-13-23-22(33)15-16-34-36(23)24)45-31(17-32,29(28)44-26(38)7-2)18-41-47(40,46-21-11-9-8-10-12-21)35-20(5)30(39)42-19(3)4/h8-16,19-20,27-29H,6-7,18,33H2,1-5H3,(H,35,40)/t20-,27-,28-,29-,31+,47-/m0/s1. The van der Waals surface area contributed by atoms with Gasteiger partial charge >= 0.3 is 25.7 Å². The third-order valence-electron chi connectivity index (χ3n) is 7.07. The monoisotopic (exact) mass is 671 g/mol. The molecule has 0 aliphatic carbocycles. The van der Waals surface area contributed by atoms with Crippen molar-refractivity contribution in [1.29, 1.82) is 5.26 Å². The summed E-state index contributed by atoms with van der Waals surface area (Å²) in [5.41, 5.74) is 5.14. The van der Waals surface area contributed by atoms with Crippen molar-refractivity contribution in [2.45, 2.75) is 83.5 Å². The largest absolute Gasteiger partial charge is 0.462 e. The van der Waals surface area contributed by atoms with Crippen LogP contribution in [0.15, 0.2) is 54.7 Å². The minimum atomic E-state index is -4.51. The highest BCUT2D eigenvalue weighted by Crippen LogP contribution is 2.50. The molecule has 1 aliphatic heterocycles. The highest BCUT2D eigenvalue weighted by Gasteiger charge is 2.62. The van der Waals surface area contributed by atoms with E-state index in [1.807, 2.05) is 6.07 Å². The molecule has 3 aromatic rings. The highest BCUT2D eigenvalue weighted by atomic mass is 31.2. The lowest BCUT2D eigenvalue weighted by atomic mass is 9.95. The summed E-state index contributed by atoms with van der Waals surface area (Å²) in [6.45, 7) is 7.00. The van der Waals surface area contributed by atoms with Gasteiger partial charge in [-0.25, -0.2) is 9.08 Å². The molecule has 0 bridgehead atoms. The molecule has 16 heteroatoms. The molecule has 1 saturated heterocycles. The van der Waals surface area contributed by atoms with Crippen molar-refractivity contribution in [3.63, 3.8) is 0 Å². The van der Waals surface area contributed by atoms with E-state index in [1.54, 1.807) is 64.1 Å². The molecule has 0 saturated carbocycles. The van der Waals surface area contributed by atoms with Crippen LogP contribution in [-0.4, -0.2) is 64.1 Å². The second-order valence-corrected chi connectivity index (χ2v) is 12.7. The van der Waals surface area contributed by atoms with E-state index in [2.05, 4.69) is 10.2 Å². The second kappa shape index (κ2) is 15.0. The van der Waals surface area contributed by atoms with E-state index in [-0.39, 0.29) is 18.6 Å². The normalized spacial score (nSPS) is 22.6. The Morgan fingerprint density at radius 3 is 2.40 bits per heavy atom. The van der Waals surface area contributed by atoms with Crippen LogP contribution in [0.1, 0.15) is 59.3 Å². The van der Waals surface area contributed by atoms with Crippen molar-refractivity contribution in [1.82, 2.24) is 14.7 Å². The maximum atomic E-state index is 14.3. The summed E-state index contributed by atoms with van der Waals surface area (Å²) in [5, 5.41) is 17.5. The van der Waals surface area contributed by atoms with Crippen LogP contribution >= 0.6 is 7.75 Å². The average molecular weight is 672 g/mol. The number of hydrogen-bond donors (Lipinski definition) is 2. The average Bonchev–Trinajstić information content (AvgIpc) is 3.60. The molecule has 15 nitrogen and oxygen atoms in total. The number of nitrogens with two attached hydrogens (primary N) is 1. The van der Waals surface area contributed by atoms with E-state index in [0.29, 0.717) is 16.9 Å². The molecule has 252 valence electrons. The highest BCUT2D eigenvalue weighted by molar-refractivity contribution is 7.52. The van der Waals surface area contributed by atoms with Gasteiger partial charge in [-0.15, -0.1) is 0 Å². The molecule has 3 N–H and O–H groups in total. The van der Waals surface area contributed by atoms with Crippen LogP contribution in [0.3, 0.4) is 0 Å². The third-order valence-corrected chi connectivity index (χ3v) is 8.69. The van der Waals surface area contributed by atoms with Crippen molar-refractivity contribution in [2.75, 3.05) is 12.3 Å². The summed E-state index contributed by atoms with van der Waals surface area (Å²) in [6.07, 6.45) is -3.30. The molecular weight excluding hydrogens is 633 g/mol. The number of hydrogen-bond acceptors (Lipinski definition) is 13. The number of rotatable bonds is 14. The first-order valence-corrected chi connectivity index (χ1v) is 16.6. The van der Waals surface area contributed by atoms with Crippen LogP contribution in [-0.2, 0) is 42.4 Å². The van der Waals surface area contributed by atoms with Gasteiger partial charge in [-0.1, -0.05) is 32.0 Å². The van der Waals surface area contributed by atoms with Crippen molar-refractivity contribution < 1.29 is 46.9 Å². The fraction of sp³-hybridized carbons (Fsp3) is 0.452. The summed E-state index contributed by atoms with van der Waals surface area (Å²) in [7, 11) is -4.51. The Hall–Kier alpha value is -4.48. The summed E-state index contributed by atoms with van der Waals surface area (Å²) >= 11 is 0. The third kappa shape index (κ3) is 8.09. The molecule has 0 radical (unpaired) electrons. The van der Waals surface area contributed by atoms with Crippen molar-refractivity contribution >= 4 is 36.9 Å². The number of para-hydroxylation sites is 1. The molecule has 0 spiro atoms. The number of benzene rings is 1. The number of ether oxygens (including phenoxy) is 4. The minimum absolute atomic E-state index is 0.0395. The zero-order valence-corrected chi connectivity index (χ0v) is 27.5. The van der Waals surface area contributed by atoms with E-state index >= 15 is 0 Å². The van der Waals surface area contributed by atoms with Gasteiger partial charge in [0.1, 0.15) is 30.6 Å². The number of carbonyl (C=O) groups excluding carboxylic acids is 3. The summed E-state index contributed by atoms with van der Waals surface area (Å²) < 4.78 is 50.3. The number of carbonyl (C=O) groups is 3. The van der Waals surface area contributed by atoms with Gasteiger partial charge in [0.05, 0.1) is 23.0 Å². The van der Waals surface area contributed by atoms with Gasteiger partial charge < -0.3 is 29.2 Å². The number of nitrogens with zero attached hydrogens (tertiary/aromatic N) is 3. The smallest absolute Gasteiger partial charge is 0.459 e. The summed E-state index contributed by atoms with van der Waals surface area (Å²) in [6, 6.07) is 13.7. The van der Waals surface area contributed by atoms with Gasteiger partial charge in [-0.05, 0) is 51.1 Å². The molecule has 3 heterocycles. The minimum Gasteiger partial charge on any atom is -0.462 e. The number of esters is 3. The summed E-state index contributed by atoms with van der Waals surface area (Å²) in [5.74, 6) is -2.01. The Labute approximate surface area is 271 Å². The van der Waals surface area contributed by atoms with E-state index in [1.165, 1.54) is 29.8 Å². The first-order chi connectivity index (χ1) is 22.3. The Morgan fingerprint density at radius 1 is 1.09 bits per heavy atom. The van der Waals surface area contributed by atoms with Crippen molar-refractivity contribution in [3.8, 4) is 11.8 Å². The van der Waals surface area contributed by atoms with Gasteiger partial charge in [0.25, 0.3) is 0 Å². The number of nitriles is 1. The number of nitrogens with one attached hydrogen (secondary N) is 1. The predicted molar refractivity (Wildman–Crippen MR) is 167 cm³/mol. The van der Waals surface area contributed by atoms with Crippen LogP contribution in [0.4, 0.5) is 5.69 Å².